The van der Waals surface area contributed by atoms with Gasteiger partial charge < -0.3 is 10.2 Å². The third-order valence-electron chi connectivity index (χ3n) is 7.30. The second kappa shape index (κ2) is 41.1. The summed E-state index contributed by atoms with van der Waals surface area (Å²) in [5.41, 5.74) is 0. The van der Waals surface area contributed by atoms with Gasteiger partial charge in [-0.25, -0.2) is 0 Å². The van der Waals surface area contributed by atoms with Crippen LogP contribution >= 0.6 is 0 Å². The fraction of sp³-hybridized carbons (Fsp3) is 0.833. The molecule has 4 nitrogen and oxygen atoms in total. The molecule has 0 aromatic heterocycles. The Kier molecular flexibility index (Phi) is 44.4. The third kappa shape index (κ3) is 48.9. The number of allylic oxidation sites excluding steroid dienone is 4. The zero-order valence-corrected chi connectivity index (χ0v) is 28.1. The molecular weight excluding hydrogens is 555 g/mol. The molecule has 5 heteroatoms. The van der Waals surface area contributed by atoms with Gasteiger partial charge in [-0.1, -0.05) is 141 Å². The van der Waals surface area contributed by atoms with Crippen molar-refractivity contribution in [3.05, 3.63) is 24.3 Å². The molecule has 0 atom stereocenters. The largest absolute Gasteiger partial charge is 0.481 e. The number of aliphatic carboxylic acids is 2. The van der Waals surface area contributed by atoms with E-state index in [0.717, 1.165) is 25.7 Å². The number of rotatable bonds is 30. The van der Waals surface area contributed by atoms with E-state index in [1.54, 1.807) is 0 Å². The Hall–Kier alpha value is -1.09. The van der Waals surface area contributed by atoms with Crippen LogP contribution < -0.4 is 0 Å². The van der Waals surface area contributed by atoms with Gasteiger partial charge in [0.2, 0.25) is 0 Å². The number of hydrogen-bond donors (Lipinski definition) is 2. The molecule has 0 unspecified atom stereocenters. The molecule has 0 aliphatic heterocycles. The van der Waals surface area contributed by atoms with Crippen molar-refractivity contribution in [2.45, 2.75) is 194 Å². The van der Waals surface area contributed by atoms with E-state index < -0.39 is 11.9 Å². The van der Waals surface area contributed by atoms with E-state index in [4.69, 9.17) is 10.2 Å². The molecule has 0 fully saturated rings. The van der Waals surface area contributed by atoms with E-state index in [-0.39, 0.29) is 16.5 Å². The first-order valence-corrected chi connectivity index (χ1v) is 17.3. The Morgan fingerprint density at radius 2 is 0.610 bits per heavy atom. The smallest absolute Gasteiger partial charge is 0.303 e. The van der Waals surface area contributed by atoms with Crippen molar-refractivity contribution in [1.29, 1.82) is 0 Å². The van der Waals surface area contributed by atoms with Crippen molar-refractivity contribution in [3.8, 4) is 0 Å². The maximum Gasteiger partial charge on any atom is 0.303 e. The van der Waals surface area contributed by atoms with Crippen molar-refractivity contribution in [3.63, 3.8) is 0 Å². The molecule has 0 saturated heterocycles. The van der Waals surface area contributed by atoms with Crippen molar-refractivity contribution in [1.82, 2.24) is 0 Å². The van der Waals surface area contributed by atoms with Crippen molar-refractivity contribution in [2.75, 3.05) is 0 Å². The van der Waals surface area contributed by atoms with Crippen LogP contribution in [0.1, 0.15) is 194 Å². The minimum Gasteiger partial charge on any atom is -0.481 e. The van der Waals surface area contributed by atoms with E-state index in [2.05, 4.69) is 38.2 Å². The van der Waals surface area contributed by atoms with E-state index in [9.17, 15) is 9.59 Å². The third-order valence-corrected chi connectivity index (χ3v) is 7.30. The summed E-state index contributed by atoms with van der Waals surface area (Å²) < 4.78 is 0. The fourth-order valence-electron chi connectivity index (χ4n) is 4.69. The van der Waals surface area contributed by atoms with E-state index in [0.29, 0.717) is 12.8 Å². The Labute approximate surface area is 265 Å². The number of carboxylic acids is 2. The predicted molar refractivity (Wildman–Crippen MR) is 174 cm³/mol. The van der Waals surface area contributed by atoms with Gasteiger partial charge in [0, 0.05) is 29.3 Å². The van der Waals surface area contributed by atoms with Crippen LogP contribution in [-0.2, 0) is 26.1 Å². The van der Waals surface area contributed by atoms with Gasteiger partial charge in [-0.2, -0.15) is 0 Å². The normalized spacial score (nSPS) is 11.0. The van der Waals surface area contributed by atoms with E-state index in [1.165, 1.54) is 141 Å². The van der Waals surface area contributed by atoms with Crippen LogP contribution in [0, 0.1) is 0 Å². The minimum atomic E-state index is -0.661. The van der Waals surface area contributed by atoms with Crippen LogP contribution in [0.25, 0.3) is 0 Å². The molecule has 0 saturated carbocycles. The summed E-state index contributed by atoms with van der Waals surface area (Å²) in [4.78, 5) is 20.7. The Balaban J connectivity index is -0.000000688. The summed E-state index contributed by atoms with van der Waals surface area (Å²) in [6, 6.07) is 0. The van der Waals surface area contributed by atoms with Gasteiger partial charge in [0.1, 0.15) is 0 Å². The van der Waals surface area contributed by atoms with Gasteiger partial charge in [0.05, 0.1) is 0 Å². The maximum atomic E-state index is 10.3. The molecular formula is C36H68NiO4. The quantitative estimate of drug-likeness (QED) is 0.0474. The summed E-state index contributed by atoms with van der Waals surface area (Å²) in [5, 5.41) is 17.0. The molecule has 246 valence electrons. The zero-order valence-electron chi connectivity index (χ0n) is 27.1. The van der Waals surface area contributed by atoms with Crippen LogP contribution in [0.4, 0.5) is 0 Å². The van der Waals surface area contributed by atoms with Gasteiger partial charge in [-0.3, -0.25) is 9.59 Å². The Morgan fingerprint density at radius 3 is 0.854 bits per heavy atom. The fourth-order valence-corrected chi connectivity index (χ4v) is 4.69. The average molecular weight is 624 g/mol. The summed E-state index contributed by atoms with van der Waals surface area (Å²) in [6.45, 7) is 4.50. The maximum absolute atomic E-state index is 10.3. The average Bonchev–Trinajstić information content (AvgIpc) is 2.93. The van der Waals surface area contributed by atoms with Crippen LogP contribution in [0.2, 0.25) is 0 Å². The van der Waals surface area contributed by atoms with E-state index >= 15 is 0 Å². The summed E-state index contributed by atoms with van der Waals surface area (Å²) >= 11 is 0. The van der Waals surface area contributed by atoms with Gasteiger partial charge in [0.25, 0.3) is 0 Å². The van der Waals surface area contributed by atoms with Crippen LogP contribution in [0.15, 0.2) is 24.3 Å². The molecule has 0 aliphatic carbocycles. The molecule has 0 aliphatic rings. The summed E-state index contributed by atoms with van der Waals surface area (Å²) in [5.74, 6) is -1.32. The molecule has 0 aromatic carbocycles. The number of unbranched alkanes of at least 4 members (excludes halogenated alkanes) is 22. The van der Waals surface area contributed by atoms with Crippen molar-refractivity contribution < 1.29 is 36.3 Å². The molecule has 0 amide bonds. The standard InChI is InChI=1S/2C18H34O2.Ni/c2*1-2-3-4-5-6-7-8-9-10-11-12-13-14-15-16-17-18(19)20;/h2*7-8H,2-6,9-17H2,1H3,(H,19,20);/b2*8-7-;. The first kappa shape index (κ1) is 44.4. The topological polar surface area (TPSA) is 74.6 Å². The van der Waals surface area contributed by atoms with E-state index in [1.807, 2.05) is 0 Å². The summed E-state index contributed by atoms with van der Waals surface area (Å²) in [7, 11) is 0. The number of carboxylic acid groups (broad SMARTS) is 2. The van der Waals surface area contributed by atoms with Gasteiger partial charge in [0.15, 0.2) is 0 Å². The molecule has 41 heavy (non-hydrogen) atoms. The number of hydrogen-bond acceptors (Lipinski definition) is 2. The molecule has 0 heterocycles. The second-order valence-corrected chi connectivity index (χ2v) is 11.5. The van der Waals surface area contributed by atoms with Crippen molar-refractivity contribution >= 4 is 11.9 Å². The van der Waals surface area contributed by atoms with Gasteiger partial charge in [-0.05, 0) is 64.2 Å². The monoisotopic (exact) mass is 622 g/mol. The van der Waals surface area contributed by atoms with Gasteiger partial charge in [-0.15, -0.1) is 0 Å². The van der Waals surface area contributed by atoms with Crippen LogP contribution in [0.3, 0.4) is 0 Å². The molecule has 2 N–H and O–H groups in total. The molecule has 0 radical (unpaired) electrons. The first-order chi connectivity index (χ1) is 19.5. The molecule has 0 bridgehead atoms. The Bertz CT molecular complexity index is 524. The summed E-state index contributed by atoms with van der Waals surface area (Å²) in [6.07, 6.45) is 42.5. The molecule has 0 spiro atoms. The zero-order chi connectivity index (χ0) is 29.8. The second-order valence-electron chi connectivity index (χ2n) is 11.5. The molecule has 0 aromatic rings. The van der Waals surface area contributed by atoms with Gasteiger partial charge >= 0.3 is 11.9 Å². The minimum absolute atomic E-state index is 0. The van der Waals surface area contributed by atoms with Crippen LogP contribution in [0.5, 0.6) is 0 Å². The Morgan fingerprint density at radius 1 is 0.390 bits per heavy atom. The van der Waals surface area contributed by atoms with Crippen molar-refractivity contribution in [2.24, 2.45) is 0 Å². The SMILES string of the molecule is CCCCCC/C=C\CCCCCCCCCC(=O)O.CCCCCC/C=C\CCCCCCCCCC(=O)O.[Ni]. The van der Waals surface area contributed by atoms with Crippen LogP contribution in [-0.4, -0.2) is 22.2 Å². The molecule has 0 rings (SSSR count). The predicted octanol–water partition coefficient (Wildman–Crippen LogP) is 12.2. The first-order valence-electron chi connectivity index (χ1n) is 17.3. The number of carbonyl (C=O) groups is 2.